The number of rotatable bonds is 20. The Morgan fingerprint density at radius 3 is 0.667 bits per heavy atom. The van der Waals surface area contributed by atoms with Crippen molar-refractivity contribution in [2.45, 2.75) is 73.8 Å². The van der Waals surface area contributed by atoms with Crippen LogP contribution in [0.15, 0.2) is 0 Å². The predicted molar refractivity (Wildman–Crippen MR) is 125 cm³/mol. The van der Waals surface area contributed by atoms with E-state index in [1.165, 1.54) is 0 Å². The van der Waals surface area contributed by atoms with Gasteiger partial charge in [0.1, 0.15) is 16.8 Å². The molecule has 0 aliphatic heterocycles. The second-order valence-electron chi connectivity index (χ2n) is 9.96. The molecule has 0 aliphatic rings. The van der Waals surface area contributed by atoms with Crippen molar-refractivity contribution in [3.8, 4) is 0 Å². The Labute approximate surface area is 386 Å². The zero-order chi connectivity index (χ0) is 45.4. The van der Waals surface area contributed by atoms with Crippen molar-refractivity contribution in [2.24, 2.45) is 0 Å². The van der Waals surface area contributed by atoms with Gasteiger partial charge < -0.3 is 146 Å². The Hall–Kier alpha value is -4.11. The van der Waals surface area contributed by atoms with Crippen molar-refractivity contribution in [3.63, 3.8) is 0 Å². The minimum Gasteiger partial charge on any atom is -0.844 e. The first-order chi connectivity index (χ1) is 25.3. The van der Waals surface area contributed by atoms with E-state index in [2.05, 4.69) is 19.6 Å². The van der Waals surface area contributed by atoms with Gasteiger partial charge in [0.2, 0.25) is 0 Å². The number of quaternary nitrogens is 1. The molecular formula is C24H23Hf3NO32. The van der Waals surface area contributed by atoms with Gasteiger partial charge in [0.25, 0.3) is 5.97 Å². The molecule has 36 heteroatoms. The van der Waals surface area contributed by atoms with Gasteiger partial charge in [-0.3, -0.25) is 19.2 Å². The summed E-state index contributed by atoms with van der Waals surface area (Å²) < 4.78 is 0. The van der Waals surface area contributed by atoms with Gasteiger partial charge in [0.05, 0.1) is 37.2 Å². The summed E-state index contributed by atoms with van der Waals surface area (Å²) in [5.41, 5.74) is -12.2. The van der Waals surface area contributed by atoms with Crippen LogP contribution in [-0.4, -0.2) is 109 Å². The quantitative estimate of drug-likeness (QED) is 0.0499. The molecule has 0 amide bonds. The van der Waals surface area contributed by atoms with Crippen molar-refractivity contribution in [3.05, 3.63) is 0 Å². The summed E-state index contributed by atoms with van der Waals surface area (Å²) in [6.07, 6.45) is -11.0. The predicted octanol–water partition coefficient (Wildman–Crippen LogP) is -21.0. The fourth-order valence-electron chi connectivity index (χ4n) is 2.84. The van der Waals surface area contributed by atoms with Gasteiger partial charge in [-0.1, -0.05) is 5.60 Å². The normalized spacial score (nSPS) is 13.2. The van der Waals surface area contributed by atoms with E-state index in [-0.39, 0.29) is 83.7 Å². The average molecular weight is 1370 g/mol. The number of carboxylic acids is 8. The Morgan fingerprint density at radius 1 is 0.350 bits per heavy atom. The average Bonchev–Trinajstić information content (AvgIpc) is 3.03. The minimum absolute atomic E-state index is 0. The van der Waals surface area contributed by atoms with Crippen LogP contribution in [0, 0.1) is 0 Å². The smallest absolute Gasteiger partial charge is 0.844 e. The van der Waals surface area contributed by atoms with Crippen molar-refractivity contribution < 1.29 is 237 Å². The van der Waals surface area contributed by atoms with Gasteiger partial charge in [0, 0.05) is 55.5 Å². The Bertz CT molecular complexity index is 1270. The molecule has 0 aromatic rings. The van der Waals surface area contributed by atoms with Crippen LogP contribution in [0.1, 0.15) is 51.4 Å². The van der Waals surface area contributed by atoms with E-state index >= 15 is 0 Å². The first kappa shape index (κ1) is 73.4. The largest absolute Gasteiger partial charge is 4.00 e. The van der Waals surface area contributed by atoms with E-state index in [9.17, 15) is 125 Å². The number of carboxylic acid groups (broad SMARTS) is 8. The molecule has 60 heavy (non-hydrogen) atoms. The molecule has 33 nitrogen and oxygen atoms in total. The maximum atomic E-state index is 11.1. The van der Waals surface area contributed by atoms with Gasteiger partial charge in [0.15, 0.2) is 0 Å². The first-order valence-electron chi connectivity index (χ1n) is 13.1. The van der Waals surface area contributed by atoms with E-state index in [0.717, 1.165) is 0 Å². The van der Waals surface area contributed by atoms with Crippen molar-refractivity contribution in [1.82, 2.24) is 6.15 Å². The summed E-state index contributed by atoms with van der Waals surface area (Å²) in [5.74, 6) is -23.1. The number of carbonyl (C=O) groups excluding carboxylic acids is 12. The summed E-state index contributed by atoms with van der Waals surface area (Å²) in [5, 5.41) is 157. The standard InChI is InChI=1S/3C6H8O8.C6H7O8.3Hf.H3N/c4*7-3(8)1-6(12,5(10)11)2-4(9)14-13;;;;/h3*12-13H,1-2H2,(H,7,8)(H,10,11);13H,1-2H2,(H,7,8)(H,10,11);;;;1H3/q;;;-1;3*+4;/p-11. The fraction of sp³-hybridized carbons (Fsp3) is 0.500. The summed E-state index contributed by atoms with van der Waals surface area (Å²) in [7, 11) is 0. The number of aliphatic carboxylic acids is 8. The van der Waals surface area contributed by atoms with Gasteiger partial charge >= 0.3 is 95.4 Å². The molecule has 0 bridgehead atoms. The van der Waals surface area contributed by atoms with E-state index in [0.29, 0.717) is 0 Å². The topological polar surface area (TPSA) is 639 Å². The number of aliphatic hydroxyl groups is 3. The zero-order valence-corrected chi connectivity index (χ0v) is 40.1. The number of hydrogen-bond acceptors (Lipinski definition) is 32. The third-order valence-corrected chi connectivity index (χ3v) is 5.36. The van der Waals surface area contributed by atoms with Crippen LogP contribution in [0.5, 0.6) is 0 Å². The van der Waals surface area contributed by atoms with Crippen LogP contribution in [0.2, 0.25) is 0 Å². The van der Waals surface area contributed by atoms with Crippen LogP contribution in [-0.2, 0) is 155 Å². The molecule has 0 spiro atoms. The summed E-state index contributed by atoms with van der Waals surface area (Å²) >= 11 is 0. The van der Waals surface area contributed by atoms with Crippen molar-refractivity contribution in [2.75, 3.05) is 0 Å². The van der Waals surface area contributed by atoms with Crippen LogP contribution < -0.4 is 73.1 Å². The molecular weight excluding hydrogens is 1350 g/mol. The molecule has 0 aromatic heterocycles. The van der Waals surface area contributed by atoms with E-state index < -0.39 is 145 Å². The molecule has 0 rings (SSSR count). The Morgan fingerprint density at radius 2 is 0.533 bits per heavy atom. The van der Waals surface area contributed by atoms with E-state index in [1.54, 1.807) is 0 Å². The number of carbonyl (C=O) groups is 12. The molecule has 7 N–H and O–H groups in total. The summed E-state index contributed by atoms with van der Waals surface area (Å²) in [6.45, 7) is 0. The molecule has 0 saturated carbocycles. The molecule has 0 aliphatic carbocycles. The van der Waals surface area contributed by atoms with Crippen LogP contribution in [0.3, 0.4) is 0 Å². The molecule has 4 unspecified atom stereocenters. The molecule has 0 fully saturated rings. The molecule has 4 atom stereocenters. The second-order valence-corrected chi connectivity index (χ2v) is 9.96. The maximum Gasteiger partial charge on any atom is 4.00 e. The minimum atomic E-state index is -3.24. The van der Waals surface area contributed by atoms with Gasteiger partial charge in [-0.25, -0.2) is 0 Å². The fourth-order valence-corrected chi connectivity index (χ4v) is 2.84. The van der Waals surface area contributed by atoms with Crippen molar-refractivity contribution >= 4 is 71.6 Å². The molecule has 328 valence electrons. The monoisotopic (exact) mass is 1380 g/mol. The second kappa shape index (κ2) is 34.6. The van der Waals surface area contributed by atoms with E-state index in [4.69, 9.17) is 15.3 Å². The van der Waals surface area contributed by atoms with Crippen LogP contribution in [0.25, 0.3) is 0 Å². The summed E-state index contributed by atoms with van der Waals surface area (Å²) in [6, 6.07) is 0. The Kier molecular flexibility index (Phi) is 42.3. The Balaban J connectivity index is -0.0000000980. The SMILES string of the molecule is O=C([O-])CC(O)(CC(=O)O[O-])C(=O)[O-].O=C([O-])CC(O)(CC(=O)O[O-])C(=O)[O-].O=C([O-])CC(O)(CC(=O)O[O-])C(=O)[O-].O=C([O-])CC([O-])(CC(=O)O[O-])C(=O)[O-].[Hf+4].[Hf+4].[Hf+4].[NH4+]. The van der Waals surface area contributed by atoms with Crippen molar-refractivity contribution in [1.29, 1.82) is 0 Å². The van der Waals surface area contributed by atoms with Gasteiger partial charge in [-0.15, -0.1) is 0 Å². The summed E-state index contributed by atoms with van der Waals surface area (Å²) in [4.78, 5) is 133. The first-order valence-corrected chi connectivity index (χ1v) is 13.1. The molecule has 0 heterocycles. The van der Waals surface area contributed by atoms with Crippen LogP contribution in [0.4, 0.5) is 0 Å². The zero-order valence-electron chi connectivity index (χ0n) is 29.3. The van der Waals surface area contributed by atoms with Gasteiger partial charge in [-0.05, 0) is 6.42 Å². The molecule has 0 saturated heterocycles. The number of hydrogen-bond donors (Lipinski definition) is 4. The van der Waals surface area contributed by atoms with E-state index in [1.807, 2.05) is 0 Å². The van der Waals surface area contributed by atoms with Crippen LogP contribution >= 0.6 is 0 Å². The van der Waals surface area contributed by atoms with Gasteiger partial charge in [-0.2, -0.15) is 0 Å². The third kappa shape index (κ3) is 32.7. The third-order valence-electron chi connectivity index (χ3n) is 5.36. The molecule has 0 radical (unpaired) electrons. The maximum absolute atomic E-state index is 11.1. The molecule has 0 aromatic carbocycles.